The summed E-state index contributed by atoms with van der Waals surface area (Å²) in [7, 11) is 0. The van der Waals surface area contributed by atoms with Crippen LogP contribution in [0.1, 0.15) is 26.5 Å². The predicted molar refractivity (Wildman–Crippen MR) is 72.1 cm³/mol. The standard InChI is InChI=1S/C10H15N3O2S.ClH/c1-4-15-9(14)5-8-6-16-10(11-8)13-12-7(2)3;/h6H,4-5H2,1-3H3,(H,11,13);1H. The van der Waals surface area contributed by atoms with E-state index in [1.807, 2.05) is 19.2 Å². The van der Waals surface area contributed by atoms with E-state index in [9.17, 15) is 4.79 Å². The van der Waals surface area contributed by atoms with Gasteiger partial charge in [0, 0.05) is 11.1 Å². The van der Waals surface area contributed by atoms with Crippen molar-refractivity contribution in [2.24, 2.45) is 5.10 Å². The second kappa shape index (κ2) is 8.03. The van der Waals surface area contributed by atoms with Gasteiger partial charge in [-0.1, -0.05) is 0 Å². The van der Waals surface area contributed by atoms with E-state index >= 15 is 0 Å². The largest absolute Gasteiger partial charge is 0.466 e. The molecule has 0 unspecified atom stereocenters. The Labute approximate surface area is 111 Å². The Morgan fingerprint density at radius 3 is 2.88 bits per heavy atom. The lowest BCUT2D eigenvalue weighted by molar-refractivity contribution is -0.142. The highest BCUT2D eigenvalue weighted by Crippen LogP contribution is 2.15. The van der Waals surface area contributed by atoms with Crippen LogP contribution in [0.25, 0.3) is 0 Å². The fourth-order valence-electron chi connectivity index (χ4n) is 0.959. The number of aromatic nitrogens is 1. The van der Waals surface area contributed by atoms with Crippen LogP contribution in [-0.2, 0) is 16.0 Å². The number of hydrogen-bond donors (Lipinski definition) is 1. The van der Waals surface area contributed by atoms with E-state index in [0.29, 0.717) is 17.4 Å². The number of nitrogens with zero attached hydrogens (tertiary/aromatic N) is 2. The minimum atomic E-state index is -0.255. The second-order valence-corrected chi connectivity index (χ2v) is 4.15. The Balaban J connectivity index is 0.00000256. The number of halogens is 1. The highest BCUT2D eigenvalue weighted by atomic mass is 35.5. The zero-order valence-corrected chi connectivity index (χ0v) is 11.7. The maximum absolute atomic E-state index is 11.2. The molecule has 1 heterocycles. The lowest BCUT2D eigenvalue weighted by atomic mass is 10.3. The fourth-order valence-corrected chi connectivity index (χ4v) is 1.61. The Morgan fingerprint density at radius 2 is 2.29 bits per heavy atom. The van der Waals surface area contributed by atoms with E-state index in [4.69, 9.17) is 4.74 Å². The first-order valence-electron chi connectivity index (χ1n) is 4.98. The van der Waals surface area contributed by atoms with Crippen LogP contribution in [-0.4, -0.2) is 23.3 Å². The molecule has 0 bridgehead atoms. The highest BCUT2D eigenvalue weighted by Gasteiger charge is 2.07. The number of ether oxygens (including phenoxy) is 1. The molecule has 0 fully saturated rings. The molecule has 1 N–H and O–H groups in total. The zero-order chi connectivity index (χ0) is 12.0. The highest BCUT2D eigenvalue weighted by molar-refractivity contribution is 7.13. The molecule has 1 rings (SSSR count). The van der Waals surface area contributed by atoms with Gasteiger partial charge in [-0.3, -0.25) is 10.2 Å². The van der Waals surface area contributed by atoms with Crippen molar-refractivity contribution in [1.29, 1.82) is 0 Å². The van der Waals surface area contributed by atoms with Crippen LogP contribution in [0.5, 0.6) is 0 Å². The molecule has 0 aliphatic heterocycles. The van der Waals surface area contributed by atoms with Gasteiger partial charge in [-0.25, -0.2) is 4.98 Å². The maximum atomic E-state index is 11.2. The van der Waals surface area contributed by atoms with Gasteiger partial charge in [0.2, 0.25) is 5.13 Å². The topological polar surface area (TPSA) is 63.6 Å². The summed E-state index contributed by atoms with van der Waals surface area (Å²) in [5, 5.41) is 6.52. The molecule has 17 heavy (non-hydrogen) atoms. The number of nitrogens with one attached hydrogen (secondary N) is 1. The molecule has 0 atom stereocenters. The van der Waals surface area contributed by atoms with Crippen molar-refractivity contribution in [3.8, 4) is 0 Å². The molecule has 0 aliphatic rings. The monoisotopic (exact) mass is 277 g/mol. The van der Waals surface area contributed by atoms with Crippen LogP contribution in [0.3, 0.4) is 0 Å². The normalized spacial score (nSPS) is 9.12. The smallest absolute Gasteiger partial charge is 0.311 e. The molecule has 1 aromatic rings. The van der Waals surface area contributed by atoms with Crippen molar-refractivity contribution < 1.29 is 9.53 Å². The van der Waals surface area contributed by atoms with E-state index in [1.54, 1.807) is 6.92 Å². The van der Waals surface area contributed by atoms with Gasteiger partial charge in [-0.05, 0) is 20.8 Å². The summed E-state index contributed by atoms with van der Waals surface area (Å²) in [6.45, 7) is 5.96. The average molecular weight is 278 g/mol. The molecular weight excluding hydrogens is 262 g/mol. The van der Waals surface area contributed by atoms with Crippen molar-refractivity contribution in [1.82, 2.24) is 4.98 Å². The van der Waals surface area contributed by atoms with Gasteiger partial charge < -0.3 is 4.74 Å². The van der Waals surface area contributed by atoms with Gasteiger partial charge in [0.05, 0.1) is 18.7 Å². The molecule has 0 radical (unpaired) electrons. The summed E-state index contributed by atoms with van der Waals surface area (Å²) in [5.74, 6) is -0.255. The average Bonchev–Trinajstić information content (AvgIpc) is 2.63. The number of anilines is 1. The number of rotatable bonds is 5. The lowest BCUT2D eigenvalue weighted by Gasteiger charge is -1.98. The first-order valence-corrected chi connectivity index (χ1v) is 5.86. The quantitative estimate of drug-likeness (QED) is 0.510. The van der Waals surface area contributed by atoms with Gasteiger partial charge in [-0.2, -0.15) is 5.10 Å². The molecule has 0 saturated carbocycles. The summed E-state index contributed by atoms with van der Waals surface area (Å²) in [6, 6.07) is 0. The molecule has 96 valence electrons. The molecule has 0 aliphatic carbocycles. The van der Waals surface area contributed by atoms with E-state index in [2.05, 4.69) is 15.5 Å². The van der Waals surface area contributed by atoms with Crippen LogP contribution in [0.2, 0.25) is 0 Å². The number of hydrazone groups is 1. The summed E-state index contributed by atoms with van der Waals surface area (Å²) in [6.07, 6.45) is 0.209. The summed E-state index contributed by atoms with van der Waals surface area (Å²) < 4.78 is 4.83. The van der Waals surface area contributed by atoms with Gasteiger partial charge in [0.15, 0.2) is 0 Å². The maximum Gasteiger partial charge on any atom is 0.311 e. The van der Waals surface area contributed by atoms with Crippen molar-refractivity contribution >= 4 is 40.6 Å². The molecule has 0 spiro atoms. The van der Waals surface area contributed by atoms with Gasteiger partial charge in [0.25, 0.3) is 0 Å². The molecule has 5 nitrogen and oxygen atoms in total. The number of thiazole rings is 1. The first-order chi connectivity index (χ1) is 7.61. The third kappa shape index (κ3) is 6.23. The molecule has 0 amide bonds. The Hall–Kier alpha value is -1.14. The predicted octanol–water partition coefficient (Wildman–Crippen LogP) is 2.48. The minimum Gasteiger partial charge on any atom is -0.466 e. The fraction of sp³-hybridized carbons (Fsp3) is 0.500. The van der Waals surface area contributed by atoms with Crippen LogP contribution < -0.4 is 5.43 Å². The van der Waals surface area contributed by atoms with Crippen molar-refractivity contribution in [3.63, 3.8) is 0 Å². The van der Waals surface area contributed by atoms with Crippen LogP contribution in [0.15, 0.2) is 10.5 Å². The number of hydrogen-bond acceptors (Lipinski definition) is 6. The Bertz CT molecular complexity index is 389. The Morgan fingerprint density at radius 1 is 1.59 bits per heavy atom. The van der Waals surface area contributed by atoms with Crippen LogP contribution in [0, 0.1) is 0 Å². The van der Waals surface area contributed by atoms with E-state index in [1.165, 1.54) is 11.3 Å². The van der Waals surface area contributed by atoms with Gasteiger partial charge >= 0.3 is 5.97 Å². The molecular formula is C10H16ClN3O2S. The summed E-state index contributed by atoms with van der Waals surface area (Å²) in [5.41, 5.74) is 4.44. The van der Waals surface area contributed by atoms with Gasteiger partial charge in [0.1, 0.15) is 0 Å². The van der Waals surface area contributed by atoms with Gasteiger partial charge in [-0.15, -0.1) is 23.7 Å². The Kier molecular flexibility index (Phi) is 7.49. The van der Waals surface area contributed by atoms with Crippen LogP contribution >= 0.6 is 23.7 Å². The van der Waals surface area contributed by atoms with E-state index in [0.717, 1.165) is 5.71 Å². The molecule has 7 heteroatoms. The number of carbonyl (C=O) groups is 1. The zero-order valence-electron chi connectivity index (χ0n) is 10.0. The van der Waals surface area contributed by atoms with Crippen molar-refractivity contribution in [2.75, 3.05) is 12.0 Å². The van der Waals surface area contributed by atoms with E-state index < -0.39 is 0 Å². The number of esters is 1. The number of carbonyl (C=O) groups excluding carboxylic acids is 1. The summed E-state index contributed by atoms with van der Waals surface area (Å²) >= 11 is 1.41. The van der Waals surface area contributed by atoms with Crippen molar-refractivity contribution in [2.45, 2.75) is 27.2 Å². The van der Waals surface area contributed by atoms with Crippen molar-refractivity contribution in [3.05, 3.63) is 11.1 Å². The molecule has 0 aromatic carbocycles. The minimum absolute atomic E-state index is 0. The SMILES string of the molecule is CCOC(=O)Cc1csc(NN=C(C)C)n1.Cl. The van der Waals surface area contributed by atoms with E-state index in [-0.39, 0.29) is 24.8 Å². The third-order valence-electron chi connectivity index (χ3n) is 1.56. The summed E-state index contributed by atoms with van der Waals surface area (Å²) in [4.78, 5) is 15.4. The lowest BCUT2D eigenvalue weighted by Crippen LogP contribution is -2.07. The molecule has 0 saturated heterocycles. The molecule has 1 aromatic heterocycles. The first kappa shape index (κ1) is 15.9. The van der Waals surface area contributed by atoms with Crippen LogP contribution in [0.4, 0.5) is 5.13 Å². The third-order valence-corrected chi connectivity index (χ3v) is 2.35. The second-order valence-electron chi connectivity index (χ2n) is 3.30.